The van der Waals surface area contributed by atoms with E-state index in [2.05, 4.69) is 18.3 Å². The molecule has 0 saturated carbocycles. The number of rotatable bonds is 2. The van der Waals surface area contributed by atoms with Crippen molar-refractivity contribution in [2.75, 3.05) is 26.8 Å². The summed E-state index contributed by atoms with van der Waals surface area (Å²) >= 11 is 0. The second-order valence-electron chi connectivity index (χ2n) is 4.91. The van der Waals surface area contributed by atoms with Crippen LogP contribution < -0.4 is 14.8 Å². The molecule has 3 rings (SSSR count). The van der Waals surface area contributed by atoms with E-state index in [-0.39, 0.29) is 0 Å². The lowest BCUT2D eigenvalue weighted by Crippen LogP contribution is -2.10. The lowest BCUT2D eigenvalue weighted by atomic mass is 9.89. The second-order valence-corrected chi connectivity index (χ2v) is 4.91. The maximum atomic E-state index is 5.70. The molecule has 17 heavy (non-hydrogen) atoms. The van der Waals surface area contributed by atoms with Crippen molar-refractivity contribution in [2.45, 2.75) is 25.7 Å². The molecular weight excluding hydrogens is 214 g/mol. The van der Waals surface area contributed by atoms with Crippen LogP contribution in [0.5, 0.6) is 11.5 Å². The van der Waals surface area contributed by atoms with Crippen LogP contribution in [0.25, 0.3) is 0 Å². The van der Waals surface area contributed by atoms with E-state index in [9.17, 15) is 0 Å². The van der Waals surface area contributed by atoms with E-state index in [1.54, 1.807) is 7.11 Å². The van der Waals surface area contributed by atoms with Gasteiger partial charge in [-0.3, -0.25) is 0 Å². The monoisotopic (exact) mass is 233 g/mol. The molecule has 0 aromatic heterocycles. The Labute approximate surface area is 102 Å². The van der Waals surface area contributed by atoms with Gasteiger partial charge in [-0.25, -0.2) is 0 Å². The fourth-order valence-electron chi connectivity index (χ4n) is 3.08. The van der Waals surface area contributed by atoms with Crippen molar-refractivity contribution in [3.63, 3.8) is 0 Å². The Bertz CT molecular complexity index is 433. The highest BCUT2D eigenvalue weighted by molar-refractivity contribution is 5.56. The smallest absolute Gasteiger partial charge is 0.125 e. The number of hydrogen-bond acceptors (Lipinski definition) is 3. The Morgan fingerprint density at radius 3 is 3.06 bits per heavy atom. The van der Waals surface area contributed by atoms with E-state index >= 15 is 0 Å². The number of ether oxygens (including phenoxy) is 2. The van der Waals surface area contributed by atoms with Crippen LogP contribution in [0, 0.1) is 6.92 Å². The molecule has 3 heteroatoms. The summed E-state index contributed by atoms with van der Waals surface area (Å²) in [6, 6.07) is 2.12. The van der Waals surface area contributed by atoms with Crippen LogP contribution in [-0.4, -0.2) is 26.8 Å². The summed E-state index contributed by atoms with van der Waals surface area (Å²) in [5.74, 6) is 2.73. The van der Waals surface area contributed by atoms with Crippen molar-refractivity contribution in [2.24, 2.45) is 0 Å². The fraction of sp³-hybridized carbons (Fsp3) is 0.571. The Morgan fingerprint density at radius 1 is 1.47 bits per heavy atom. The van der Waals surface area contributed by atoms with Gasteiger partial charge in [-0.05, 0) is 31.5 Å². The zero-order chi connectivity index (χ0) is 11.8. The molecule has 1 atom stereocenters. The van der Waals surface area contributed by atoms with E-state index in [1.807, 2.05) is 0 Å². The molecule has 1 aromatic carbocycles. The van der Waals surface area contributed by atoms with Crippen LogP contribution in [-0.2, 0) is 6.42 Å². The number of benzene rings is 1. The quantitative estimate of drug-likeness (QED) is 0.847. The molecule has 3 nitrogen and oxygen atoms in total. The van der Waals surface area contributed by atoms with E-state index < -0.39 is 0 Å². The molecule has 1 aromatic rings. The Morgan fingerprint density at radius 2 is 2.35 bits per heavy atom. The molecule has 1 N–H and O–H groups in total. The first-order chi connectivity index (χ1) is 8.31. The van der Waals surface area contributed by atoms with Gasteiger partial charge >= 0.3 is 0 Å². The minimum atomic E-state index is 0.584. The Balaban J connectivity index is 2.15. The summed E-state index contributed by atoms with van der Waals surface area (Å²) in [5, 5.41) is 3.44. The molecule has 0 spiro atoms. The third-order valence-corrected chi connectivity index (χ3v) is 3.86. The van der Waals surface area contributed by atoms with Crippen molar-refractivity contribution in [3.05, 3.63) is 22.8 Å². The Hall–Kier alpha value is -1.22. The topological polar surface area (TPSA) is 30.5 Å². The molecule has 2 aliphatic heterocycles. The second kappa shape index (κ2) is 4.22. The first-order valence-corrected chi connectivity index (χ1v) is 6.35. The predicted octanol–water partition coefficient (Wildman–Crippen LogP) is 2.02. The van der Waals surface area contributed by atoms with Gasteiger partial charge in [-0.1, -0.05) is 0 Å². The highest BCUT2D eigenvalue weighted by atomic mass is 16.5. The minimum absolute atomic E-state index is 0.584. The number of aryl methyl sites for hydroxylation is 1. The van der Waals surface area contributed by atoms with Crippen LogP contribution in [0.1, 0.15) is 29.0 Å². The lowest BCUT2D eigenvalue weighted by molar-refractivity contribution is 0.356. The number of methoxy groups -OCH3 is 1. The minimum Gasteiger partial charge on any atom is -0.496 e. The zero-order valence-electron chi connectivity index (χ0n) is 10.5. The highest BCUT2D eigenvalue weighted by Crippen LogP contribution is 2.42. The van der Waals surface area contributed by atoms with E-state index in [1.165, 1.54) is 23.1 Å². The van der Waals surface area contributed by atoms with Gasteiger partial charge in [0.1, 0.15) is 11.5 Å². The molecule has 0 radical (unpaired) electrons. The van der Waals surface area contributed by atoms with Crippen molar-refractivity contribution >= 4 is 0 Å². The van der Waals surface area contributed by atoms with E-state index in [0.29, 0.717) is 5.92 Å². The van der Waals surface area contributed by atoms with E-state index in [0.717, 1.165) is 37.6 Å². The van der Waals surface area contributed by atoms with Gasteiger partial charge in [0.05, 0.1) is 13.7 Å². The molecular formula is C14H19NO2. The number of hydrogen-bond donors (Lipinski definition) is 1. The highest BCUT2D eigenvalue weighted by Gasteiger charge is 2.29. The maximum Gasteiger partial charge on any atom is 0.125 e. The standard InChI is InChI=1S/C14H19NO2/c1-9-7-12-11(4-6-17-12)13(14(9)16-2)10-3-5-15-8-10/h7,10,15H,3-6,8H2,1-2H3. The lowest BCUT2D eigenvalue weighted by Gasteiger charge is -2.19. The summed E-state index contributed by atoms with van der Waals surface area (Å²) in [7, 11) is 1.77. The van der Waals surface area contributed by atoms with Gasteiger partial charge in [0.25, 0.3) is 0 Å². The van der Waals surface area contributed by atoms with Gasteiger partial charge in [-0.2, -0.15) is 0 Å². The van der Waals surface area contributed by atoms with Crippen LogP contribution >= 0.6 is 0 Å². The van der Waals surface area contributed by atoms with Crippen molar-refractivity contribution in [3.8, 4) is 11.5 Å². The summed E-state index contributed by atoms with van der Waals surface area (Å²) < 4.78 is 11.3. The summed E-state index contributed by atoms with van der Waals surface area (Å²) in [6.07, 6.45) is 2.23. The SMILES string of the molecule is COc1c(C)cc2c(c1C1CCNC1)CCO2. The number of nitrogens with one attached hydrogen (secondary N) is 1. The van der Waals surface area contributed by atoms with Crippen LogP contribution in [0.2, 0.25) is 0 Å². The third kappa shape index (κ3) is 1.69. The fourth-order valence-corrected chi connectivity index (χ4v) is 3.08. The third-order valence-electron chi connectivity index (χ3n) is 3.86. The van der Waals surface area contributed by atoms with Crippen LogP contribution in [0.3, 0.4) is 0 Å². The molecule has 1 saturated heterocycles. The van der Waals surface area contributed by atoms with Crippen LogP contribution in [0.15, 0.2) is 6.07 Å². The predicted molar refractivity (Wildman–Crippen MR) is 67.2 cm³/mol. The van der Waals surface area contributed by atoms with Crippen molar-refractivity contribution in [1.29, 1.82) is 0 Å². The number of fused-ring (bicyclic) bond motifs is 1. The summed E-state index contributed by atoms with van der Waals surface area (Å²) in [5.41, 5.74) is 3.96. The first-order valence-electron chi connectivity index (χ1n) is 6.35. The largest absolute Gasteiger partial charge is 0.496 e. The van der Waals surface area contributed by atoms with Gasteiger partial charge in [0, 0.05) is 30.0 Å². The normalized spacial score (nSPS) is 22.4. The zero-order valence-corrected chi connectivity index (χ0v) is 10.5. The van der Waals surface area contributed by atoms with Crippen molar-refractivity contribution in [1.82, 2.24) is 5.32 Å². The Kier molecular flexibility index (Phi) is 2.71. The van der Waals surface area contributed by atoms with E-state index in [4.69, 9.17) is 9.47 Å². The van der Waals surface area contributed by atoms with Gasteiger partial charge in [-0.15, -0.1) is 0 Å². The molecule has 2 heterocycles. The van der Waals surface area contributed by atoms with Gasteiger partial charge < -0.3 is 14.8 Å². The molecule has 92 valence electrons. The molecule has 2 aliphatic rings. The van der Waals surface area contributed by atoms with Gasteiger partial charge in [0.15, 0.2) is 0 Å². The van der Waals surface area contributed by atoms with Gasteiger partial charge in [0.2, 0.25) is 0 Å². The average Bonchev–Trinajstić information content (AvgIpc) is 2.97. The molecule has 1 fully saturated rings. The summed E-state index contributed by atoms with van der Waals surface area (Å²) in [4.78, 5) is 0. The molecule has 0 amide bonds. The average molecular weight is 233 g/mol. The summed E-state index contributed by atoms with van der Waals surface area (Å²) in [6.45, 7) is 5.09. The van der Waals surface area contributed by atoms with Crippen molar-refractivity contribution < 1.29 is 9.47 Å². The maximum absolute atomic E-state index is 5.70. The molecule has 0 bridgehead atoms. The first kappa shape index (κ1) is 10.9. The molecule has 0 aliphatic carbocycles. The molecule has 1 unspecified atom stereocenters. The van der Waals surface area contributed by atoms with Crippen LogP contribution in [0.4, 0.5) is 0 Å².